The van der Waals surface area contributed by atoms with E-state index in [4.69, 9.17) is 0 Å². The Labute approximate surface area is 116 Å². The van der Waals surface area contributed by atoms with E-state index in [1.165, 1.54) is 12.3 Å². The van der Waals surface area contributed by atoms with Gasteiger partial charge in [0.05, 0.1) is 11.9 Å². The van der Waals surface area contributed by atoms with E-state index in [2.05, 4.69) is 20.9 Å². The van der Waals surface area contributed by atoms with Crippen LogP contribution >= 0.6 is 15.9 Å². The van der Waals surface area contributed by atoms with Gasteiger partial charge in [0, 0.05) is 10.7 Å². The lowest BCUT2D eigenvalue weighted by Crippen LogP contribution is -2.15. The second kappa shape index (κ2) is 5.22. The number of benzene rings is 1. The van der Waals surface area contributed by atoms with Gasteiger partial charge in [-0.15, -0.1) is 0 Å². The van der Waals surface area contributed by atoms with E-state index in [-0.39, 0.29) is 5.69 Å². The van der Waals surface area contributed by atoms with Gasteiger partial charge in [-0.2, -0.15) is 0 Å². The van der Waals surface area contributed by atoms with Crippen LogP contribution in [-0.2, 0) is 10.0 Å². The molecule has 1 aromatic heterocycles. The van der Waals surface area contributed by atoms with Crippen molar-refractivity contribution in [3.8, 4) is 0 Å². The molecule has 0 amide bonds. The quantitative estimate of drug-likeness (QED) is 0.927. The fourth-order valence-corrected chi connectivity index (χ4v) is 3.03. The fraction of sp³-hybridized carbons (Fsp3) is 0. The van der Waals surface area contributed by atoms with Gasteiger partial charge in [-0.05, 0) is 24.3 Å². The number of pyridine rings is 1. The second-order valence-corrected chi connectivity index (χ2v) is 6.10. The lowest BCUT2D eigenvalue weighted by Gasteiger charge is -2.09. The summed E-state index contributed by atoms with van der Waals surface area (Å²) in [5.74, 6) is -1.77. The van der Waals surface area contributed by atoms with E-state index in [0.717, 1.165) is 24.4 Å². The molecule has 0 bridgehead atoms. The Morgan fingerprint density at radius 2 is 1.89 bits per heavy atom. The molecule has 0 saturated carbocycles. The van der Waals surface area contributed by atoms with Gasteiger partial charge < -0.3 is 0 Å². The molecule has 1 aromatic carbocycles. The molecule has 0 aliphatic heterocycles. The molecule has 2 aromatic rings. The van der Waals surface area contributed by atoms with Crippen LogP contribution in [0.15, 0.2) is 46.0 Å². The average Bonchev–Trinajstić information content (AvgIpc) is 2.35. The molecule has 19 heavy (non-hydrogen) atoms. The van der Waals surface area contributed by atoms with E-state index < -0.39 is 26.6 Å². The van der Waals surface area contributed by atoms with Crippen molar-refractivity contribution in [2.24, 2.45) is 0 Å². The van der Waals surface area contributed by atoms with Crippen molar-refractivity contribution in [1.29, 1.82) is 0 Å². The first-order valence-electron chi connectivity index (χ1n) is 4.97. The van der Waals surface area contributed by atoms with Crippen molar-refractivity contribution in [2.45, 2.75) is 4.90 Å². The van der Waals surface area contributed by atoms with Gasteiger partial charge in [0.2, 0.25) is 0 Å². The molecular formula is C11H7BrF2N2O2S. The highest BCUT2D eigenvalue weighted by atomic mass is 79.9. The van der Waals surface area contributed by atoms with Crippen LogP contribution in [0.25, 0.3) is 0 Å². The predicted molar refractivity (Wildman–Crippen MR) is 69.1 cm³/mol. The number of anilines is 1. The molecule has 0 saturated heterocycles. The molecule has 0 aliphatic rings. The lowest BCUT2D eigenvalue weighted by atomic mass is 10.3. The monoisotopic (exact) mass is 348 g/mol. The smallest absolute Gasteiger partial charge is 0.264 e. The van der Waals surface area contributed by atoms with Crippen molar-refractivity contribution in [1.82, 2.24) is 4.98 Å². The summed E-state index contributed by atoms with van der Waals surface area (Å²) in [6.07, 6.45) is 2.08. The van der Waals surface area contributed by atoms with Gasteiger partial charge in [-0.25, -0.2) is 17.2 Å². The first-order valence-corrected chi connectivity index (χ1v) is 7.25. The molecule has 0 atom stereocenters. The minimum absolute atomic E-state index is 0.297. The predicted octanol–water partition coefficient (Wildman–Crippen LogP) is 2.92. The molecular weight excluding hydrogens is 342 g/mol. The molecule has 0 spiro atoms. The number of halogens is 3. The van der Waals surface area contributed by atoms with Gasteiger partial charge in [0.25, 0.3) is 10.0 Å². The highest BCUT2D eigenvalue weighted by Crippen LogP contribution is 2.23. The van der Waals surface area contributed by atoms with Crippen LogP contribution in [0.4, 0.5) is 14.5 Å². The first-order chi connectivity index (χ1) is 8.90. The topological polar surface area (TPSA) is 59.1 Å². The summed E-state index contributed by atoms with van der Waals surface area (Å²) in [5.41, 5.74) is -0.297. The number of aromatic nitrogens is 1. The van der Waals surface area contributed by atoms with Gasteiger partial charge in [-0.1, -0.05) is 15.9 Å². The zero-order valence-corrected chi connectivity index (χ0v) is 11.7. The van der Waals surface area contributed by atoms with Crippen LogP contribution in [0, 0.1) is 11.6 Å². The molecule has 4 nitrogen and oxygen atoms in total. The number of nitrogens with zero attached hydrogens (tertiary/aromatic N) is 1. The summed E-state index contributed by atoms with van der Waals surface area (Å²) in [5, 5.41) is 0. The minimum Gasteiger partial charge on any atom is -0.276 e. The van der Waals surface area contributed by atoms with Gasteiger partial charge in [0.15, 0.2) is 5.82 Å². The maximum Gasteiger partial charge on any atom is 0.264 e. The van der Waals surface area contributed by atoms with E-state index in [1.807, 2.05) is 4.72 Å². The largest absolute Gasteiger partial charge is 0.276 e. The van der Waals surface area contributed by atoms with Gasteiger partial charge in [-0.3, -0.25) is 9.71 Å². The van der Waals surface area contributed by atoms with Crippen molar-refractivity contribution in [2.75, 3.05) is 4.72 Å². The number of nitrogens with one attached hydrogen (secondary N) is 1. The van der Waals surface area contributed by atoms with Crippen LogP contribution in [0.5, 0.6) is 0 Å². The Bertz CT molecular complexity index is 722. The number of sulfonamides is 1. The summed E-state index contributed by atoms with van der Waals surface area (Å²) in [4.78, 5) is 2.92. The fourth-order valence-electron chi connectivity index (χ4n) is 1.34. The van der Waals surface area contributed by atoms with Crippen LogP contribution in [0.2, 0.25) is 0 Å². The molecule has 0 fully saturated rings. The van der Waals surface area contributed by atoms with E-state index in [9.17, 15) is 17.2 Å². The number of rotatable bonds is 3. The van der Waals surface area contributed by atoms with Crippen LogP contribution in [0.3, 0.4) is 0 Å². The Hall–Kier alpha value is -1.54. The molecule has 0 radical (unpaired) electrons. The Morgan fingerprint density at radius 3 is 2.58 bits per heavy atom. The Morgan fingerprint density at radius 1 is 1.16 bits per heavy atom. The maximum absolute atomic E-state index is 13.5. The van der Waals surface area contributed by atoms with E-state index in [1.54, 1.807) is 0 Å². The third-order valence-corrected chi connectivity index (χ3v) is 4.07. The zero-order valence-electron chi connectivity index (χ0n) is 9.27. The Kier molecular flexibility index (Phi) is 3.81. The molecule has 2 rings (SSSR count). The molecule has 0 unspecified atom stereocenters. The molecule has 1 N–H and O–H groups in total. The molecule has 1 heterocycles. The lowest BCUT2D eigenvalue weighted by molar-refractivity contribution is 0.569. The van der Waals surface area contributed by atoms with Crippen molar-refractivity contribution in [3.05, 3.63) is 52.8 Å². The van der Waals surface area contributed by atoms with Gasteiger partial charge >= 0.3 is 0 Å². The summed E-state index contributed by atoms with van der Waals surface area (Å²) in [6.45, 7) is 0. The second-order valence-electron chi connectivity index (χ2n) is 3.54. The third-order valence-electron chi connectivity index (χ3n) is 2.20. The normalized spacial score (nSPS) is 11.3. The van der Waals surface area contributed by atoms with Crippen LogP contribution < -0.4 is 4.72 Å². The average molecular weight is 349 g/mol. The minimum atomic E-state index is -4.21. The van der Waals surface area contributed by atoms with Crippen molar-refractivity contribution in [3.63, 3.8) is 0 Å². The third kappa shape index (κ3) is 3.07. The van der Waals surface area contributed by atoms with E-state index >= 15 is 0 Å². The summed E-state index contributed by atoms with van der Waals surface area (Å²) in [7, 11) is -4.21. The molecule has 100 valence electrons. The standard InChI is InChI=1S/C11H7BrF2N2O2S/c12-7-1-2-8(13)11(5-7)19(17,18)16-10-3-4-15-6-9(10)14/h1-6H,(H,15,16). The van der Waals surface area contributed by atoms with Crippen molar-refractivity contribution >= 4 is 31.6 Å². The van der Waals surface area contributed by atoms with Gasteiger partial charge in [0.1, 0.15) is 10.7 Å². The highest BCUT2D eigenvalue weighted by molar-refractivity contribution is 9.10. The summed E-state index contributed by atoms with van der Waals surface area (Å²) >= 11 is 3.05. The van der Waals surface area contributed by atoms with E-state index in [0.29, 0.717) is 4.47 Å². The molecule has 8 heteroatoms. The first kappa shape index (κ1) is 13.9. The van der Waals surface area contributed by atoms with Crippen LogP contribution in [0.1, 0.15) is 0 Å². The summed E-state index contributed by atoms with van der Waals surface area (Å²) in [6, 6.07) is 4.60. The zero-order chi connectivity index (χ0) is 14.0. The Balaban J connectivity index is 2.44. The SMILES string of the molecule is O=S(=O)(Nc1ccncc1F)c1cc(Br)ccc1F. The highest BCUT2D eigenvalue weighted by Gasteiger charge is 2.20. The summed E-state index contributed by atoms with van der Waals surface area (Å²) < 4.78 is 53.1. The van der Waals surface area contributed by atoms with Crippen LogP contribution in [-0.4, -0.2) is 13.4 Å². The number of hydrogen-bond acceptors (Lipinski definition) is 3. The molecule has 0 aliphatic carbocycles. The number of hydrogen-bond donors (Lipinski definition) is 1. The maximum atomic E-state index is 13.5. The van der Waals surface area contributed by atoms with Crippen molar-refractivity contribution < 1.29 is 17.2 Å².